The maximum Gasteiger partial charge on any atom is 0.335 e. The minimum absolute atomic E-state index is 0.0380. The topological polar surface area (TPSA) is 57.6 Å². The van der Waals surface area contributed by atoms with Crippen molar-refractivity contribution in [2.24, 2.45) is 0 Å². The number of likely N-dealkylation sites (N-methyl/N-ethyl adjacent to an activating group) is 1. The summed E-state index contributed by atoms with van der Waals surface area (Å²) in [7, 11) is 0. The highest BCUT2D eigenvalue weighted by atomic mass is 32.1. The standard InChI is InChI=1S/C18H21NO3S/c1-3-19(13(2)10-14-8-9-23-12-14)17(20)11-15-6-4-5-7-16(15)18(21)22/h4-9,12-13H,3,10-11H2,1-2H3,(H,21,22). The molecule has 2 rings (SSSR count). The van der Waals surface area contributed by atoms with Gasteiger partial charge in [-0.1, -0.05) is 18.2 Å². The van der Waals surface area contributed by atoms with Crippen LogP contribution in [-0.2, 0) is 17.6 Å². The number of carboxylic acid groups (broad SMARTS) is 1. The first-order valence-electron chi connectivity index (χ1n) is 7.64. The molecular weight excluding hydrogens is 310 g/mol. The van der Waals surface area contributed by atoms with E-state index in [2.05, 4.69) is 11.4 Å². The highest BCUT2D eigenvalue weighted by Gasteiger charge is 2.21. The normalized spacial score (nSPS) is 11.9. The van der Waals surface area contributed by atoms with Crippen LogP contribution in [0, 0.1) is 0 Å². The molecule has 1 aromatic carbocycles. The molecule has 1 heterocycles. The van der Waals surface area contributed by atoms with Crippen LogP contribution in [0.15, 0.2) is 41.1 Å². The quantitative estimate of drug-likeness (QED) is 0.845. The smallest absolute Gasteiger partial charge is 0.335 e. The Kier molecular flexibility index (Phi) is 5.93. The van der Waals surface area contributed by atoms with Crippen LogP contribution in [0.5, 0.6) is 0 Å². The van der Waals surface area contributed by atoms with Crippen molar-refractivity contribution in [3.05, 3.63) is 57.8 Å². The summed E-state index contributed by atoms with van der Waals surface area (Å²) in [6.45, 7) is 4.59. The summed E-state index contributed by atoms with van der Waals surface area (Å²) in [4.78, 5) is 25.7. The molecule has 1 atom stereocenters. The lowest BCUT2D eigenvalue weighted by atomic mass is 10.0. The average molecular weight is 331 g/mol. The molecule has 1 amide bonds. The van der Waals surface area contributed by atoms with E-state index >= 15 is 0 Å². The van der Waals surface area contributed by atoms with Gasteiger partial charge in [0.2, 0.25) is 5.91 Å². The van der Waals surface area contributed by atoms with E-state index in [9.17, 15) is 14.7 Å². The molecule has 0 fully saturated rings. The Bertz CT molecular complexity index is 667. The second-order valence-corrected chi connectivity index (χ2v) is 6.28. The highest BCUT2D eigenvalue weighted by molar-refractivity contribution is 7.07. The van der Waals surface area contributed by atoms with Gasteiger partial charge in [-0.3, -0.25) is 4.79 Å². The fraction of sp³-hybridized carbons (Fsp3) is 0.333. The lowest BCUT2D eigenvalue weighted by molar-refractivity contribution is -0.132. The molecule has 1 aromatic heterocycles. The molecule has 0 saturated heterocycles. The van der Waals surface area contributed by atoms with Crippen molar-refractivity contribution in [3.8, 4) is 0 Å². The molecule has 0 bridgehead atoms. The van der Waals surface area contributed by atoms with Gasteiger partial charge in [0.25, 0.3) is 0 Å². The molecule has 0 aliphatic heterocycles. The predicted octanol–water partition coefficient (Wildman–Crippen LogP) is 3.47. The van der Waals surface area contributed by atoms with Crippen LogP contribution < -0.4 is 0 Å². The Labute approximate surface area is 140 Å². The van der Waals surface area contributed by atoms with Crippen LogP contribution in [0.1, 0.15) is 35.3 Å². The first kappa shape index (κ1) is 17.2. The van der Waals surface area contributed by atoms with Crippen LogP contribution in [0.3, 0.4) is 0 Å². The maximum atomic E-state index is 12.6. The number of amides is 1. The van der Waals surface area contributed by atoms with Crippen molar-refractivity contribution in [1.82, 2.24) is 4.90 Å². The molecule has 122 valence electrons. The molecule has 0 spiro atoms. The molecule has 1 unspecified atom stereocenters. The summed E-state index contributed by atoms with van der Waals surface area (Å²) in [5.41, 5.74) is 1.98. The Morgan fingerprint density at radius 2 is 2.00 bits per heavy atom. The minimum atomic E-state index is -0.997. The van der Waals surface area contributed by atoms with E-state index in [0.29, 0.717) is 12.1 Å². The third-order valence-corrected chi connectivity index (χ3v) is 4.63. The summed E-state index contributed by atoms with van der Waals surface area (Å²) in [5.74, 6) is -1.04. The number of hydrogen-bond donors (Lipinski definition) is 1. The zero-order valence-corrected chi connectivity index (χ0v) is 14.2. The summed E-state index contributed by atoms with van der Waals surface area (Å²) in [6, 6.07) is 8.83. The SMILES string of the molecule is CCN(C(=O)Cc1ccccc1C(=O)O)C(C)Cc1ccsc1. The number of rotatable bonds is 7. The van der Waals surface area contributed by atoms with E-state index in [1.807, 2.05) is 24.1 Å². The second-order valence-electron chi connectivity index (χ2n) is 5.50. The van der Waals surface area contributed by atoms with E-state index in [4.69, 9.17) is 0 Å². The van der Waals surface area contributed by atoms with Crippen molar-refractivity contribution in [2.75, 3.05) is 6.54 Å². The number of hydrogen-bond acceptors (Lipinski definition) is 3. The van der Waals surface area contributed by atoms with Gasteiger partial charge in [0, 0.05) is 12.6 Å². The van der Waals surface area contributed by atoms with Crippen molar-refractivity contribution >= 4 is 23.2 Å². The fourth-order valence-electron chi connectivity index (χ4n) is 2.74. The van der Waals surface area contributed by atoms with Gasteiger partial charge in [0.1, 0.15) is 0 Å². The number of nitrogens with zero attached hydrogens (tertiary/aromatic N) is 1. The summed E-state index contributed by atoms with van der Waals surface area (Å²) in [5, 5.41) is 13.4. The summed E-state index contributed by atoms with van der Waals surface area (Å²) in [6.07, 6.45) is 0.925. The van der Waals surface area contributed by atoms with Gasteiger partial charge in [0.05, 0.1) is 12.0 Å². The van der Waals surface area contributed by atoms with Crippen molar-refractivity contribution in [2.45, 2.75) is 32.7 Å². The van der Waals surface area contributed by atoms with Crippen LogP contribution in [0.25, 0.3) is 0 Å². The van der Waals surface area contributed by atoms with Gasteiger partial charge in [-0.2, -0.15) is 11.3 Å². The monoisotopic (exact) mass is 331 g/mol. The Balaban J connectivity index is 2.09. The maximum absolute atomic E-state index is 12.6. The number of benzene rings is 1. The Hall–Kier alpha value is -2.14. The fourth-order valence-corrected chi connectivity index (χ4v) is 3.42. The molecule has 2 aromatic rings. The molecular formula is C18H21NO3S. The van der Waals surface area contributed by atoms with Crippen LogP contribution in [0.4, 0.5) is 0 Å². The van der Waals surface area contributed by atoms with Gasteiger partial charge in [-0.25, -0.2) is 4.79 Å². The van der Waals surface area contributed by atoms with Gasteiger partial charge in [-0.05, 0) is 54.3 Å². The van der Waals surface area contributed by atoms with E-state index in [-0.39, 0.29) is 23.9 Å². The molecule has 1 N–H and O–H groups in total. The first-order valence-corrected chi connectivity index (χ1v) is 8.59. The molecule has 4 nitrogen and oxygen atoms in total. The lowest BCUT2D eigenvalue weighted by Crippen LogP contribution is -2.40. The molecule has 5 heteroatoms. The lowest BCUT2D eigenvalue weighted by Gasteiger charge is -2.28. The van der Waals surface area contributed by atoms with E-state index < -0.39 is 5.97 Å². The van der Waals surface area contributed by atoms with Crippen LogP contribution in [0.2, 0.25) is 0 Å². The van der Waals surface area contributed by atoms with Gasteiger partial charge < -0.3 is 10.0 Å². The van der Waals surface area contributed by atoms with E-state index in [1.54, 1.807) is 29.5 Å². The number of carbonyl (C=O) groups is 2. The number of thiophene rings is 1. The minimum Gasteiger partial charge on any atom is -0.478 e. The van der Waals surface area contributed by atoms with Crippen LogP contribution in [-0.4, -0.2) is 34.5 Å². The first-order chi connectivity index (χ1) is 11.0. The Morgan fingerprint density at radius 1 is 1.26 bits per heavy atom. The van der Waals surface area contributed by atoms with E-state index in [1.165, 1.54) is 11.6 Å². The van der Waals surface area contributed by atoms with Gasteiger partial charge in [0.15, 0.2) is 0 Å². The average Bonchev–Trinajstić information content (AvgIpc) is 3.01. The number of carbonyl (C=O) groups excluding carboxylic acids is 1. The van der Waals surface area contributed by atoms with Crippen molar-refractivity contribution in [1.29, 1.82) is 0 Å². The number of aromatic carboxylic acids is 1. The van der Waals surface area contributed by atoms with Crippen molar-refractivity contribution < 1.29 is 14.7 Å². The molecule has 0 aliphatic carbocycles. The summed E-state index contributed by atoms with van der Waals surface area (Å²) < 4.78 is 0. The third-order valence-electron chi connectivity index (χ3n) is 3.89. The van der Waals surface area contributed by atoms with Gasteiger partial charge in [-0.15, -0.1) is 0 Å². The zero-order valence-electron chi connectivity index (χ0n) is 13.4. The van der Waals surface area contributed by atoms with Gasteiger partial charge >= 0.3 is 5.97 Å². The highest BCUT2D eigenvalue weighted by Crippen LogP contribution is 2.15. The van der Waals surface area contributed by atoms with Crippen LogP contribution >= 0.6 is 11.3 Å². The second kappa shape index (κ2) is 7.92. The largest absolute Gasteiger partial charge is 0.478 e. The molecule has 23 heavy (non-hydrogen) atoms. The molecule has 0 saturated carbocycles. The summed E-state index contributed by atoms with van der Waals surface area (Å²) >= 11 is 1.65. The predicted molar refractivity (Wildman–Crippen MR) is 92.0 cm³/mol. The number of carboxylic acids is 1. The van der Waals surface area contributed by atoms with E-state index in [0.717, 1.165) is 6.42 Å². The Morgan fingerprint density at radius 3 is 2.61 bits per heavy atom. The molecule has 0 aliphatic rings. The molecule has 0 radical (unpaired) electrons. The zero-order chi connectivity index (χ0) is 16.8. The third kappa shape index (κ3) is 4.42. The van der Waals surface area contributed by atoms with Crippen molar-refractivity contribution in [3.63, 3.8) is 0 Å².